The lowest BCUT2D eigenvalue weighted by molar-refractivity contribution is 0.103. The lowest BCUT2D eigenvalue weighted by Gasteiger charge is -2.09. The van der Waals surface area contributed by atoms with Crippen LogP contribution in [0.2, 0.25) is 0 Å². The molecule has 0 spiro atoms. The molecule has 0 aromatic heterocycles. The Balaban J connectivity index is 2.33. The van der Waals surface area contributed by atoms with E-state index in [4.69, 9.17) is 5.73 Å². The van der Waals surface area contributed by atoms with Crippen molar-refractivity contribution in [3.05, 3.63) is 69.8 Å². The van der Waals surface area contributed by atoms with Crippen LogP contribution >= 0.6 is 0 Å². The van der Waals surface area contributed by atoms with Gasteiger partial charge in [-0.2, -0.15) is 0 Å². The van der Waals surface area contributed by atoms with Crippen molar-refractivity contribution < 1.29 is 4.79 Å². The van der Waals surface area contributed by atoms with E-state index in [1.54, 1.807) is 0 Å². The van der Waals surface area contributed by atoms with Crippen LogP contribution < -0.4 is 5.73 Å². The van der Waals surface area contributed by atoms with Gasteiger partial charge in [-0.15, -0.1) is 0 Å². The van der Waals surface area contributed by atoms with Gasteiger partial charge in [-0.05, 0) is 62.1 Å². The van der Waals surface area contributed by atoms with Crippen molar-refractivity contribution in [1.82, 2.24) is 0 Å². The van der Waals surface area contributed by atoms with Crippen LogP contribution in [0, 0.1) is 20.8 Å². The molecule has 0 bridgehead atoms. The van der Waals surface area contributed by atoms with Crippen LogP contribution in [0.1, 0.15) is 38.2 Å². The maximum atomic E-state index is 12.6. The van der Waals surface area contributed by atoms with Gasteiger partial charge in [0.1, 0.15) is 0 Å². The highest BCUT2D eigenvalue weighted by molar-refractivity contribution is 6.10. The summed E-state index contributed by atoms with van der Waals surface area (Å²) in [6.45, 7) is 6.72. The van der Waals surface area contributed by atoms with Gasteiger partial charge in [0.25, 0.3) is 0 Å². The molecule has 2 aromatic carbocycles. The van der Waals surface area contributed by atoms with Crippen molar-refractivity contribution in [3.8, 4) is 0 Å². The molecule has 0 amide bonds. The van der Waals surface area contributed by atoms with Gasteiger partial charge >= 0.3 is 0 Å². The Morgan fingerprint density at radius 2 is 1.55 bits per heavy atom. The molecule has 0 heterocycles. The van der Waals surface area contributed by atoms with Crippen LogP contribution in [-0.2, 0) is 6.42 Å². The molecule has 2 heteroatoms. The number of ketones is 1. The van der Waals surface area contributed by atoms with Gasteiger partial charge in [0.05, 0.1) is 0 Å². The summed E-state index contributed by atoms with van der Waals surface area (Å²) in [6, 6.07) is 11.8. The molecule has 2 N–H and O–H groups in total. The molecule has 104 valence electrons. The van der Waals surface area contributed by atoms with Crippen LogP contribution in [0.5, 0.6) is 0 Å². The van der Waals surface area contributed by atoms with E-state index in [1.807, 2.05) is 44.2 Å². The largest absolute Gasteiger partial charge is 0.330 e. The first-order valence-electron chi connectivity index (χ1n) is 6.94. The Kier molecular flexibility index (Phi) is 4.35. The fraction of sp³-hybridized carbons (Fsp3) is 0.278. The second kappa shape index (κ2) is 6.02. The average Bonchev–Trinajstić information content (AvgIpc) is 2.43. The van der Waals surface area contributed by atoms with Gasteiger partial charge in [0.2, 0.25) is 0 Å². The molecule has 0 aliphatic carbocycles. The first-order chi connectivity index (χ1) is 9.52. The zero-order chi connectivity index (χ0) is 14.7. The molecule has 0 atom stereocenters. The third kappa shape index (κ3) is 2.97. The third-order valence-corrected chi connectivity index (χ3v) is 3.73. The molecule has 20 heavy (non-hydrogen) atoms. The van der Waals surface area contributed by atoms with Gasteiger partial charge in [0.15, 0.2) is 5.78 Å². The first-order valence-corrected chi connectivity index (χ1v) is 6.94. The topological polar surface area (TPSA) is 43.1 Å². The lowest BCUT2D eigenvalue weighted by Crippen LogP contribution is -2.06. The van der Waals surface area contributed by atoms with Gasteiger partial charge in [-0.25, -0.2) is 0 Å². The van der Waals surface area contributed by atoms with Crippen LogP contribution in [0.25, 0.3) is 0 Å². The Morgan fingerprint density at radius 1 is 0.950 bits per heavy atom. The number of carbonyl (C=O) groups excluding carboxylic acids is 1. The van der Waals surface area contributed by atoms with E-state index >= 15 is 0 Å². The summed E-state index contributed by atoms with van der Waals surface area (Å²) in [7, 11) is 0. The summed E-state index contributed by atoms with van der Waals surface area (Å²) in [5.74, 6) is 0.0879. The van der Waals surface area contributed by atoms with Crippen LogP contribution in [-0.4, -0.2) is 12.3 Å². The van der Waals surface area contributed by atoms with E-state index in [9.17, 15) is 4.79 Å². The molecule has 0 unspecified atom stereocenters. The van der Waals surface area contributed by atoms with E-state index in [-0.39, 0.29) is 5.78 Å². The van der Waals surface area contributed by atoms with E-state index in [2.05, 4.69) is 13.0 Å². The Hall–Kier alpha value is -1.93. The zero-order valence-electron chi connectivity index (χ0n) is 12.4. The van der Waals surface area contributed by atoms with Crippen molar-refractivity contribution in [3.63, 3.8) is 0 Å². The predicted molar refractivity (Wildman–Crippen MR) is 83.3 cm³/mol. The van der Waals surface area contributed by atoms with E-state index < -0.39 is 0 Å². The summed E-state index contributed by atoms with van der Waals surface area (Å²) in [5.41, 5.74) is 11.6. The van der Waals surface area contributed by atoms with E-state index in [1.165, 1.54) is 11.1 Å². The van der Waals surface area contributed by atoms with Gasteiger partial charge in [-0.3, -0.25) is 4.79 Å². The SMILES string of the molecule is Cc1cc(C)c(C(=O)c2ccc(CCN)cc2)cc1C. The second-order valence-corrected chi connectivity index (χ2v) is 5.32. The van der Waals surface area contributed by atoms with Crippen molar-refractivity contribution >= 4 is 5.78 Å². The molecule has 2 aromatic rings. The maximum absolute atomic E-state index is 12.6. The van der Waals surface area contributed by atoms with Crippen molar-refractivity contribution in [2.24, 2.45) is 5.73 Å². The molecular weight excluding hydrogens is 246 g/mol. The molecule has 0 fully saturated rings. The highest BCUT2D eigenvalue weighted by Gasteiger charge is 2.12. The summed E-state index contributed by atoms with van der Waals surface area (Å²) < 4.78 is 0. The van der Waals surface area contributed by atoms with Gasteiger partial charge in [0, 0.05) is 11.1 Å². The van der Waals surface area contributed by atoms with Crippen LogP contribution in [0.4, 0.5) is 0 Å². The Morgan fingerprint density at radius 3 is 2.15 bits per heavy atom. The molecular formula is C18H21NO. The van der Waals surface area contributed by atoms with Crippen molar-refractivity contribution in [2.75, 3.05) is 6.54 Å². The summed E-state index contributed by atoms with van der Waals surface area (Å²) in [6.07, 6.45) is 0.844. The predicted octanol–water partition coefficient (Wildman–Crippen LogP) is 3.34. The van der Waals surface area contributed by atoms with Crippen LogP contribution in [0.15, 0.2) is 36.4 Å². The molecule has 0 saturated carbocycles. The zero-order valence-corrected chi connectivity index (χ0v) is 12.4. The van der Waals surface area contributed by atoms with Crippen LogP contribution in [0.3, 0.4) is 0 Å². The fourth-order valence-electron chi connectivity index (χ4n) is 2.35. The third-order valence-electron chi connectivity index (χ3n) is 3.73. The minimum Gasteiger partial charge on any atom is -0.330 e. The number of aryl methyl sites for hydroxylation is 3. The molecule has 0 radical (unpaired) electrons. The highest BCUT2D eigenvalue weighted by Crippen LogP contribution is 2.19. The van der Waals surface area contributed by atoms with Gasteiger partial charge < -0.3 is 5.73 Å². The quantitative estimate of drug-likeness (QED) is 0.863. The highest BCUT2D eigenvalue weighted by atomic mass is 16.1. The molecule has 2 rings (SSSR count). The molecule has 0 aliphatic heterocycles. The molecule has 0 aliphatic rings. The fourth-order valence-corrected chi connectivity index (χ4v) is 2.35. The number of hydrogen-bond acceptors (Lipinski definition) is 2. The summed E-state index contributed by atoms with van der Waals surface area (Å²) >= 11 is 0. The summed E-state index contributed by atoms with van der Waals surface area (Å²) in [5, 5.41) is 0. The minimum atomic E-state index is 0.0879. The van der Waals surface area contributed by atoms with E-state index in [0.717, 1.165) is 28.7 Å². The maximum Gasteiger partial charge on any atom is 0.193 e. The number of hydrogen-bond donors (Lipinski definition) is 1. The number of benzene rings is 2. The first kappa shape index (κ1) is 14.5. The summed E-state index contributed by atoms with van der Waals surface area (Å²) in [4.78, 5) is 12.6. The number of rotatable bonds is 4. The molecule has 0 saturated heterocycles. The monoisotopic (exact) mass is 267 g/mol. The van der Waals surface area contributed by atoms with Gasteiger partial charge in [-0.1, -0.05) is 30.3 Å². The smallest absolute Gasteiger partial charge is 0.193 e. The average molecular weight is 267 g/mol. The van der Waals surface area contributed by atoms with E-state index in [0.29, 0.717) is 6.54 Å². The van der Waals surface area contributed by atoms with Crippen molar-refractivity contribution in [2.45, 2.75) is 27.2 Å². The van der Waals surface area contributed by atoms with Crippen molar-refractivity contribution in [1.29, 1.82) is 0 Å². The Bertz CT molecular complexity index is 627. The second-order valence-electron chi connectivity index (χ2n) is 5.32. The number of carbonyl (C=O) groups is 1. The minimum absolute atomic E-state index is 0.0879. The Labute approximate surface area is 120 Å². The normalized spacial score (nSPS) is 10.6. The lowest BCUT2D eigenvalue weighted by atomic mass is 9.94. The number of nitrogens with two attached hydrogens (primary N) is 1. The molecule has 2 nitrogen and oxygen atoms in total. The standard InChI is InChI=1S/C18H21NO/c1-12-10-14(3)17(11-13(12)2)18(20)16-6-4-15(5-7-16)8-9-19/h4-7,10-11H,8-9,19H2,1-3H3.